The van der Waals surface area contributed by atoms with Gasteiger partial charge in [-0.15, -0.1) is 0 Å². The first kappa shape index (κ1) is 20.0. The number of para-hydroxylation sites is 1. The van der Waals surface area contributed by atoms with E-state index in [0.717, 1.165) is 23.1 Å². The van der Waals surface area contributed by atoms with Gasteiger partial charge in [0.15, 0.2) is 6.54 Å². The number of sulfonamides is 1. The summed E-state index contributed by atoms with van der Waals surface area (Å²) in [6.45, 7) is 4.11. The molecule has 2 heterocycles. The highest BCUT2D eigenvalue weighted by Gasteiger charge is 2.35. The number of nitrogens with one attached hydrogen (secondary N) is 1. The summed E-state index contributed by atoms with van der Waals surface area (Å²) < 4.78 is 40.3. The minimum atomic E-state index is -3.72. The van der Waals surface area contributed by atoms with Gasteiger partial charge in [0, 0.05) is 11.7 Å². The van der Waals surface area contributed by atoms with E-state index in [2.05, 4.69) is 13.0 Å². The quantitative estimate of drug-likeness (QED) is 0.795. The number of carbonyl (C=O) groups is 1. The average Bonchev–Trinajstić information content (AvgIpc) is 3.04. The predicted octanol–water partition coefficient (Wildman–Crippen LogP) is 0.693. The molecule has 1 fully saturated rings. The molecule has 1 N–H and O–H groups in total. The lowest BCUT2D eigenvalue weighted by atomic mass is 10.1. The topological polar surface area (TPSA) is 62.1 Å². The first-order valence-corrected chi connectivity index (χ1v) is 11.3. The summed E-state index contributed by atoms with van der Waals surface area (Å²) in [4.78, 5) is 15.9. The van der Waals surface area contributed by atoms with Gasteiger partial charge < -0.3 is 9.80 Å². The molecule has 0 spiro atoms. The SMILES string of the molecule is C[C@@H]1Cc2ccccc2N1C(=O)C[NH+]1CCN(S(=O)(=O)c2cccc(F)c2)CC1. The van der Waals surface area contributed by atoms with E-state index in [9.17, 15) is 17.6 Å². The van der Waals surface area contributed by atoms with Gasteiger partial charge in [0.25, 0.3) is 5.91 Å². The van der Waals surface area contributed by atoms with E-state index >= 15 is 0 Å². The minimum absolute atomic E-state index is 0.0282. The molecule has 1 amide bonds. The molecule has 0 radical (unpaired) electrons. The van der Waals surface area contributed by atoms with Crippen molar-refractivity contribution < 1.29 is 22.5 Å². The Morgan fingerprint density at radius 3 is 2.59 bits per heavy atom. The standard InChI is InChI=1S/C21H24FN3O3S/c1-16-13-17-5-2-3-8-20(17)25(16)21(26)15-23-9-11-24(12-10-23)29(27,28)19-7-4-6-18(22)14-19/h2-8,14,16H,9-13,15H2,1H3/p+1/t16-/m1/s1. The summed E-state index contributed by atoms with van der Waals surface area (Å²) in [6.07, 6.45) is 0.858. The number of piperazine rings is 1. The maximum Gasteiger partial charge on any atom is 0.282 e. The van der Waals surface area contributed by atoms with Crippen molar-refractivity contribution in [2.75, 3.05) is 37.6 Å². The molecule has 8 heteroatoms. The smallest absolute Gasteiger partial charge is 0.282 e. The molecule has 0 unspecified atom stereocenters. The number of carbonyl (C=O) groups excluding carboxylic acids is 1. The summed E-state index contributed by atoms with van der Waals surface area (Å²) >= 11 is 0. The van der Waals surface area contributed by atoms with Crippen LogP contribution in [0.3, 0.4) is 0 Å². The molecular weight excluding hydrogens is 393 g/mol. The first-order valence-electron chi connectivity index (χ1n) is 9.85. The molecule has 4 rings (SSSR count). The van der Waals surface area contributed by atoms with Gasteiger partial charge in [0.05, 0.1) is 31.1 Å². The van der Waals surface area contributed by atoms with Crippen LogP contribution in [0.1, 0.15) is 12.5 Å². The monoisotopic (exact) mass is 418 g/mol. The van der Waals surface area contributed by atoms with Crippen LogP contribution in [0.15, 0.2) is 53.4 Å². The fraction of sp³-hybridized carbons (Fsp3) is 0.381. The number of halogens is 1. The third-order valence-electron chi connectivity index (χ3n) is 5.74. The first-order chi connectivity index (χ1) is 13.9. The molecule has 0 aliphatic carbocycles. The molecule has 1 atom stereocenters. The zero-order valence-electron chi connectivity index (χ0n) is 16.3. The number of rotatable bonds is 4. The molecule has 2 aliphatic heterocycles. The largest absolute Gasteiger partial charge is 0.325 e. The van der Waals surface area contributed by atoms with Crippen molar-refractivity contribution in [1.82, 2.24) is 4.31 Å². The summed E-state index contributed by atoms with van der Waals surface area (Å²) in [7, 11) is -3.72. The van der Waals surface area contributed by atoms with Crippen molar-refractivity contribution in [2.45, 2.75) is 24.3 Å². The number of amides is 1. The zero-order valence-corrected chi connectivity index (χ0v) is 17.2. The van der Waals surface area contributed by atoms with Crippen LogP contribution < -0.4 is 9.80 Å². The predicted molar refractivity (Wildman–Crippen MR) is 108 cm³/mol. The normalized spacial score (nSPS) is 20.6. The van der Waals surface area contributed by atoms with Crippen LogP contribution in [-0.2, 0) is 21.2 Å². The minimum Gasteiger partial charge on any atom is -0.325 e. The van der Waals surface area contributed by atoms with Crippen molar-refractivity contribution in [3.05, 3.63) is 59.9 Å². The van der Waals surface area contributed by atoms with Crippen LogP contribution in [0.4, 0.5) is 10.1 Å². The van der Waals surface area contributed by atoms with E-state index in [1.54, 1.807) is 0 Å². The van der Waals surface area contributed by atoms with Crippen LogP contribution in [0.25, 0.3) is 0 Å². The van der Waals surface area contributed by atoms with E-state index in [4.69, 9.17) is 0 Å². The van der Waals surface area contributed by atoms with Gasteiger partial charge in [-0.25, -0.2) is 12.8 Å². The van der Waals surface area contributed by atoms with Gasteiger partial charge in [-0.1, -0.05) is 24.3 Å². The summed E-state index contributed by atoms with van der Waals surface area (Å²) in [6, 6.07) is 13.2. The fourth-order valence-corrected chi connectivity index (χ4v) is 5.71. The van der Waals surface area contributed by atoms with E-state index in [-0.39, 0.29) is 16.8 Å². The van der Waals surface area contributed by atoms with Gasteiger partial charge in [-0.05, 0) is 43.2 Å². The number of nitrogens with zero attached hydrogens (tertiary/aromatic N) is 2. The summed E-state index contributed by atoms with van der Waals surface area (Å²) in [5.41, 5.74) is 2.17. The fourth-order valence-electron chi connectivity index (χ4n) is 4.24. The highest BCUT2D eigenvalue weighted by atomic mass is 32.2. The van der Waals surface area contributed by atoms with Crippen LogP contribution in [-0.4, -0.2) is 57.4 Å². The average molecular weight is 419 g/mol. The second-order valence-corrected chi connectivity index (χ2v) is 9.67. The van der Waals surface area contributed by atoms with Crippen LogP contribution in [0, 0.1) is 5.82 Å². The molecular formula is C21H25FN3O3S+. The van der Waals surface area contributed by atoms with Gasteiger partial charge in [0.2, 0.25) is 10.0 Å². The van der Waals surface area contributed by atoms with E-state index in [1.165, 1.54) is 28.1 Å². The second kappa shape index (κ2) is 7.85. The molecule has 2 aliphatic rings. The lowest BCUT2D eigenvalue weighted by Crippen LogP contribution is -3.15. The highest BCUT2D eigenvalue weighted by molar-refractivity contribution is 7.89. The second-order valence-electron chi connectivity index (χ2n) is 7.73. The Bertz CT molecular complexity index is 1020. The number of fused-ring (bicyclic) bond motifs is 1. The van der Waals surface area contributed by atoms with E-state index in [1.807, 2.05) is 23.1 Å². The highest BCUT2D eigenvalue weighted by Crippen LogP contribution is 2.31. The molecule has 2 aromatic rings. The third kappa shape index (κ3) is 3.92. The van der Waals surface area contributed by atoms with Crippen molar-refractivity contribution in [3.63, 3.8) is 0 Å². The van der Waals surface area contributed by atoms with E-state index in [0.29, 0.717) is 32.7 Å². The zero-order chi connectivity index (χ0) is 20.6. The molecule has 6 nitrogen and oxygen atoms in total. The van der Waals surface area contributed by atoms with Gasteiger partial charge in [0.1, 0.15) is 5.82 Å². The van der Waals surface area contributed by atoms with Crippen LogP contribution >= 0.6 is 0 Å². The maximum atomic E-state index is 13.4. The lowest BCUT2D eigenvalue weighted by Gasteiger charge is -2.32. The molecule has 0 aromatic heterocycles. The molecule has 0 saturated carbocycles. The summed E-state index contributed by atoms with van der Waals surface area (Å²) in [5.74, 6) is -0.500. The van der Waals surface area contributed by atoms with Crippen molar-refractivity contribution in [3.8, 4) is 0 Å². The number of anilines is 1. The lowest BCUT2D eigenvalue weighted by molar-refractivity contribution is -0.895. The molecule has 1 saturated heterocycles. The Hall–Kier alpha value is -2.29. The Morgan fingerprint density at radius 1 is 1.14 bits per heavy atom. The number of hydrogen-bond donors (Lipinski definition) is 1. The maximum absolute atomic E-state index is 13.4. The van der Waals surface area contributed by atoms with Crippen molar-refractivity contribution >= 4 is 21.6 Å². The van der Waals surface area contributed by atoms with Gasteiger partial charge in [-0.2, -0.15) is 4.31 Å². The molecule has 0 bridgehead atoms. The van der Waals surface area contributed by atoms with Crippen molar-refractivity contribution in [1.29, 1.82) is 0 Å². The number of benzene rings is 2. The van der Waals surface area contributed by atoms with Crippen LogP contribution in [0.5, 0.6) is 0 Å². The van der Waals surface area contributed by atoms with Crippen LogP contribution in [0.2, 0.25) is 0 Å². The Morgan fingerprint density at radius 2 is 1.86 bits per heavy atom. The van der Waals surface area contributed by atoms with Gasteiger partial charge >= 0.3 is 0 Å². The Kier molecular flexibility index (Phi) is 5.42. The third-order valence-corrected chi connectivity index (χ3v) is 7.64. The van der Waals surface area contributed by atoms with E-state index < -0.39 is 15.8 Å². The number of quaternary nitrogens is 1. The Labute approximate surface area is 170 Å². The molecule has 154 valence electrons. The molecule has 29 heavy (non-hydrogen) atoms. The van der Waals surface area contributed by atoms with Gasteiger partial charge in [-0.3, -0.25) is 4.79 Å². The Balaban J connectivity index is 1.39. The van der Waals surface area contributed by atoms with Crippen molar-refractivity contribution in [2.24, 2.45) is 0 Å². The number of hydrogen-bond acceptors (Lipinski definition) is 3. The summed E-state index contributed by atoms with van der Waals surface area (Å²) in [5, 5.41) is 0. The molecule has 2 aromatic carbocycles.